The Labute approximate surface area is 117 Å². The normalized spacial score (nSPS) is 12.7. The fraction of sp³-hybridized carbons (Fsp3) is 0.250. The maximum absolute atomic E-state index is 12.9. The molecule has 2 rings (SSSR count). The van der Waals surface area contributed by atoms with E-state index in [1.54, 1.807) is 17.4 Å². The van der Waals surface area contributed by atoms with Crippen LogP contribution in [0.1, 0.15) is 22.4 Å². The van der Waals surface area contributed by atoms with E-state index >= 15 is 0 Å². The van der Waals surface area contributed by atoms with Crippen LogP contribution in [0.25, 0.3) is 0 Å². The zero-order valence-electron chi connectivity index (χ0n) is 9.15. The lowest BCUT2D eigenvalue weighted by molar-refractivity contribution is 0.176. The van der Waals surface area contributed by atoms with Crippen LogP contribution in [0.4, 0.5) is 4.39 Å². The van der Waals surface area contributed by atoms with Gasteiger partial charge < -0.3 is 5.11 Å². The first-order valence-corrected chi connectivity index (χ1v) is 7.06. The van der Waals surface area contributed by atoms with E-state index < -0.39 is 6.10 Å². The predicted molar refractivity (Wildman–Crippen MR) is 74.6 cm³/mol. The molecule has 0 spiro atoms. The molecule has 2 nitrogen and oxygen atoms in total. The zero-order chi connectivity index (χ0) is 12.4. The predicted octanol–water partition coefficient (Wildman–Crippen LogP) is 3.47. The van der Waals surface area contributed by atoms with E-state index in [0.717, 1.165) is 19.8 Å². The molecule has 2 aromatic rings. The Morgan fingerprint density at radius 3 is 2.88 bits per heavy atom. The van der Waals surface area contributed by atoms with Gasteiger partial charge >= 0.3 is 0 Å². The Hall–Kier alpha value is -0.530. The van der Waals surface area contributed by atoms with Gasteiger partial charge in [-0.15, -0.1) is 11.3 Å². The smallest absolute Gasteiger partial charge is 0.124 e. The molecule has 0 saturated heterocycles. The van der Waals surface area contributed by atoms with Crippen molar-refractivity contribution >= 4 is 33.9 Å². The third-order valence-electron chi connectivity index (χ3n) is 2.39. The standard InChI is InChI=1S/C12H11FINOS/c1-7-15-9(6-17-7)5-12(16)10-3-2-8(13)4-11(10)14/h2-4,6,12,16H,5H2,1H3. The van der Waals surface area contributed by atoms with Gasteiger partial charge in [-0.2, -0.15) is 0 Å². The van der Waals surface area contributed by atoms with Crippen LogP contribution >= 0.6 is 33.9 Å². The molecular weight excluding hydrogens is 352 g/mol. The Bertz CT molecular complexity index is 529. The van der Waals surface area contributed by atoms with E-state index in [1.165, 1.54) is 12.1 Å². The molecule has 1 aromatic heterocycles. The lowest BCUT2D eigenvalue weighted by atomic mass is 10.1. The quantitative estimate of drug-likeness (QED) is 0.848. The van der Waals surface area contributed by atoms with Crippen LogP contribution in [0.5, 0.6) is 0 Å². The molecule has 0 bridgehead atoms. The Morgan fingerprint density at radius 2 is 2.29 bits per heavy atom. The molecule has 90 valence electrons. The summed E-state index contributed by atoms with van der Waals surface area (Å²) in [4.78, 5) is 4.31. The maximum atomic E-state index is 12.9. The summed E-state index contributed by atoms with van der Waals surface area (Å²) in [6.07, 6.45) is -0.171. The number of aromatic nitrogens is 1. The lowest BCUT2D eigenvalue weighted by Crippen LogP contribution is -2.04. The zero-order valence-corrected chi connectivity index (χ0v) is 12.1. The van der Waals surface area contributed by atoms with Gasteiger partial charge in [0, 0.05) is 15.4 Å². The molecular formula is C12H11FINOS. The van der Waals surface area contributed by atoms with E-state index in [1.807, 2.05) is 34.9 Å². The molecule has 0 aliphatic carbocycles. The minimum Gasteiger partial charge on any atom is -0.388 e. The summed E-state index contributed by atoms with van der Waals surface area (Å²) in [5.74, 6) is -0.283. The molecule has 0 radical (unpaired) electrons. The first kappa shape index (κ1) is 12.9. The molecule has 0 amide bonds. The van der Waals surface area contributed by atoms with Gasteiger partial charge in [-0.3, -0.25) is 0 Å². The SMILES string of the molecule is Cc1nc(CC(O)c2ccc(F)cc2I)cs1. The van der Waals surface area contributed by atoms with Crippen LogP contribution in [0.15, 0.2) is 23.6 Å². The number of aliphatic hydroxyl groups is 1. The largest absolute Gasteiger partial charge is 0.388 e. The molecule has 0 saturated carbocycles. The Kier molecular flexibility index (Phi) is 4.11. The van der Waals surface area contributed by atoms with Gasteiger partial charge in [0.25, 0.3) is 0 Å². The van der Waals surface area contributed by atoms with Crippen LogP contribution < -0.4 is 0 Å². The second kappa shape index (κ2) is 5.41. The number of aryl methyl sites for hydroxylation is 1. The van der Waals surface area contributed by atoms with E-state index in [9.17, 15) is 9.50 Å². The highest BCUT2D eigenvalue weighted by atomic mass is 127. The highest BCUT2D eigenvalue weighted by Crippen LogP contribution is 2.24. The van der Waals surface area contributed by atoms with Crippen molar-refractivity contribution in [2.45, 2.75) is 19.4 Å². The van der Waals surface area contributed by atoms with E-state index in [0.29, 0.717) is 6.42 Å². The number of rotatable bonds is 3. The first-order valence-electron chi connectivity index (χ1n) is 5.10. The highest BCUT2D eigenvalue weighted by molar-refractivity contribution is 14.1. The summed E-state index contributed by atoms with van der Waals surface area (Å²) in [7, 11) is 0. The van der Waals surface area contributed by atoms with Crippen LogP contribution in [0, 0.1) is 16.3 Å². The topological polar surface area (TPSA) is 33.1 Å². The number of hydrogen-bond donors (Lipinski definition) is 1. The maximum Gasteiger partial charge on any atom is 0.124 e. The molecule has 1 atom stereocenters. The summed E-state index contributed by atoms with van der Waals surface area (Å²) in [6.45, 7) is 1.93. The van der Waals surface area contributed by atoms with Gasteiger partial charge in [0.15, 0.2) is 0 Å². The van der Waals surface area contributed by atoms with Crippen LogP contribution in [-0.4, -0.2) is 10.1 Å². The molecule has 1 unspecified atom stereocenters. The third-order valence-corrected chi connectivity index (χ3v) is 4.15. The number of halogens is 2. The summed E-state index contributed by atoms with van der Waals surface area (Å²) in [6, 6.07) is 4.42. The lowest BCUT2D eigenvalue weighted by Gasteiger charge is -2.11. The van der Waals surface area contributed by atoms with Crippen molar-refractivity contribution in [1.29, 1.82) is 0 Å². The van der Waals surface area contributed by atoms with Gasteiger partial charge in [0.05, 0.1) is 16.8 Å². The highest BCUT2D eigenvalue weighted by Gasteiger charge is 2.14. The van der Waals surface area contributed by atoms with Crippen molar-refractivity contribution in [3.8, 4) is 0 Å². The van der Waals surface area contributed by atoms with Gasteiger partial charge in [-0.25, -0.2) is 9.37 Å². The van der Waals surface area contributed by atoms with Crippen molar-refractivity contribution in [2.24, 2.45) is 0 Å². The van der Waals surface area contributed by atoms with Crippen LogP contribution in [0.3, 0.4) is 0 Å². The van der Waals surface area contributed by atoms with Gasteiger partial charge in [-0.1, -0.05) is 6.07 Å². The van der Waals surface area contributed by atoms with E-state index in [2.05, 4.69) is 4.98 Å². The minimum absolute atomic E-state index is 0.283. The fourth-order valence-corrected chi connectivity index (χ4v) is 3.04. The number of nitrogens with zero attached hydrogens (tertiary/aromatic N) is 1. The number of thiazole rings is 1. The van der Waals surface area contributed by atoms with Gasteiger partial charge in [0.2, 0.25) is 0 Å². The van der Waals surface area contributed by atoms with Crippen molar-refractivity contribution in [3.05, 3.63) is 49.2 Å². The second-order valence-corrected chi connectivity index (χ2v) is 5.97. The average Bonchev–Trinajstić information content (AvgIpc) is 2.63. The molecule has 1 aromatic carbocycles. The van der Waals surface area contributed by atoms with Crippen LogP contribution in [0.2, 0.25) is 0 Å². The summed E-state index contributed by atoms with van der Waals surface area (Å²) in [5.41, 5.74) is 1.62. The summed E-state index contributed by atoms with van der Waals surface area (Å²) >= 11 is 3.60. The summed E-state index contributed by atoms with van der Waals surface area (Å²) in [5, 5.41) is 13.0. The molecule has 0 aliphatic heterocycles. The van der Waals surface area contributed by atoms with Gasteiger partial charge in [0.1, 0.15) is 5.82 Å². The third kappa shape index (κ3) is 3.23. The second-order valence-electron chi connectivity index (χ2n) is 3.74. The van der Waals surface area contributed by atoms with Crippen molar-refractivity contribution in [3.63, 3.8) is 0 Å². The monoisotopic (exact) mass is 363 g/mol. The number of aliphatic hydroxyl groups excluding tert-OH is 1. The number of hydrogen-bond acceptors (Lipinski definition) is 3. The molecule has 5 heteroatoms. The molecule has 0 aliphatic rings. The first-order chi connectivity index (χ1) is 8.06. The average molecular weight is 363 g/mol. The van der Waals surface area contributed by atoms with E-state index in [-0.39, 0.29) is 5.82 Å². The molecule has 17 heavy (non-hydrogen) atoms. The Morgan fingerprint density at radius 1 is 1.53 bits per heavy atom. The van der Waals surface area contributed by atoms with Gasteiger partial charge in [-0.05, 0) is 47.2 Å². The molecule has 0 fully saturated rings. The van der Waals surface area contributed by atoms with Crippen molar-refractivity contribution < 1.29 is 9.50 Å². The van der Waals surface area contributed by atoms with Crippen LogP contribution in [-0.2, 0) is 6.42 Å². The number of benzene rings is 1. The summed E-state index contributed by atoms with van der Waals surface area (Å²) < 4.78 is 13.7. The fourth-order valence-electron chi connectivity index (χ4n) is 1.58. The molecule has 1 N–H and O–H groups in total. The van der Waals surface area contributed by atoms with E-state index in [4.69, 9.17) is 0 Å². The minimum atomic E-state index is -0.635. The Balaban J connectivity index is 2.17. The van der Waals surface area contributed by atoms with Crippen molar-refractivity contribution in [2.75, 3.05) is 0 Å². The molecule has 1 heterocycles. The van der Waals surface area contributed by atoms with Crippen molar-refractivity contribution in [1.82, 2.24) is 4.98 Å².